The quantitative estimate of drug-likeness (QED) is 0.776. The van der Waals surface area contributed by atoms with Crippen LogP contribution in [0.3, 0.4) is 0 Å². The fraction of sp³-hybridized carbons (Fsp3) is 0.636. The van der Waals surface area contributed by atoms with Gasteiger partial charge in [-0.15, -0.1) is 11.3 Å². The van der Waals surface area contributed by atoms with Gasteiger partial charge in [0, 0.05) is 18.4 Å². The van der Waals surface area contributed by atoms with Crippen LogP contribution >= 0.6 is 11.3 Å². The molecule has 0 aliphatic heterocycles. The molecule has 1 aromatic heterocycles. The van der Waals surface area contributed by atoms with E-state index in [9.17, 15) is 4.79 Å². The smallest absolute Gasteiger partial charge is 0.182 e. The lowest BCUT2D eigenvalue weighted by atomic mass is 10.0. The Bertz CT molecular complexity index is 395. The first-order valence-electron chi connectivity index (χ1n) is 5.13. The van der Waals surface area contributed by atoms with E-state index in [1.165, 1.54) is 0 Å². The molecular weight excluding hydrogens is 210 g/mol. The van der Waals surface area contributed by atoms with Gasteiger partial charge in [-0.25, -0.2) is 4.98 Å². The molecule has 82 valence electrons. The van der Waals surface area contributed by atoms with E-state index < -0.39 is 0 Å². The van der Waals surface area contributed by atoms with Gasteiger partial charge in [0.25, 0.3) is 0 Å². The number of carbonyl (C=O) groups is 1. The number of fused-ring (bicyclic) bond motifs is 1. The Balaban J connectivity index is 2.41. The molecule has 1 aliphatic rings. The number of carbonyl (C=O) groups excluding carboxylic acids is 1. The number of methoxy groups -OCH3 is 1. The molecule has 0 amide bonds. The summed E-state index contributed by atoms with van der Waals surface area (Å²) >= 11 is 1.61. The number of ether oxygens (including phenoxy) is 1. The van der Waals surface area contributed by atoms with Crippen molar-refractivity contribution in [3.8, 4) is 0 Å². The van der Waals surface area contributed by atoms with Crippen molar-refractivity contribution >= 4 is 17.1 Å². The summed E-state index contributed by atoms with van der Waals surface area (Å²) in [5.41, 5.74) is 0.300. The average Bonchev–Trinajstić information content (AvgIpc) is 2.64. The third-order valence-electron chi connectivity index (χ3n) is 2.79. The molecule has 0 spiro atoms. The highest BCUT2D eigenvalue weighted by Crippen LogP contribution is 2.33. The Labute approximate surface area is 93.5 Å². The highest BCUT2D eigenvalue weighted by Gasteiger charge is 2.29. The Morgan fingerprint density at radius 3 is 2.73 bits per heavy atom. The number of hydrogen-bond donors (Lipinski definition) is 0. The summed E-state index contributed by atoms with van der Waals surface area (Å²) in [4.78, 5) is 17.2. The number of nitrogens with zero attached hydrogens (tertiary/aromatic N) is 1. The maximum absolute atomic E-state index is 11.6. The number of rotatable bonds is 2. The minimum Gasteiger partial charge on any atom is -0.372 e. The monoisotopic (exact) mass is 225 g/mol. The van der Waals surface area contributed by atoms with E-state index in [4.69, 9.17) is 4.74 Å². The predicted molar refractivity (Wildman–Crippen MR) is 59.4 cm³/mol. The number of aromatic nitrogens is 1. The molecule has 1 heterocycles. The second-order valence-electron chi connectivity index (χ2n) is 4.28. The van der Waals surface area contributed by atoms with Crippen LogP contribution in [0.15, 0.2) is 0 Å². The lowest BCUT2D eigenvalue weighted by molar-refractivity contribution is 0.0189. The fourth-order valence-electron chi connectivity index (χ4n) is 1.61. The molecule has 15 heavy (non-hydrogen) atoms. The first-order valence-corrected chi connectivity index (χ1v) is 5.95. The second-order valence-corrected chi connectivity index (χ2v) is 5.37. The largest absolute Gasteiger partial charge is 0.372 e. The SMILES string of the molecule is COC(C)(C)c1nc2c(s1)CCCC2=O. The van der Waals surface area contributed by atoms with Gasteiger partial charge in [0.2, 0.25) is 0 Å². The molecule has 3 nitrogen and oxygen atoms in total. The zero-order valence-corrected chi connectivity index (χ0v) is 10.1. The van der Waals surface area contributed by atoms with Crippen molar-refractivity contribution in [3.63, 3.8) is 0 Å². The summed E-state index contributed by atoms with van der Waals surface area (Å²) < 4.78 is 5.37. The third kappa shape index (κ3) is 1.84. The number of aryl methyl sites for hydroxylation is 1. The molecule has 4 heteroatoms. The van der Waals surface area contributed by atoms with Gasteiger partial charge in [0.15, 0.2) is 5.78 Å². The summed E-state index contributed by atoms with van der Waals surface area (Å²) in [6.07, 6.45) is 2.59. The molecule has 0 bridgehead atoms. The van der Waals surface area contributed by atoms with Gasteiger partial charge in [-0.2, -0.15) is 0 Å². The van der Waals surface area contributed by atoms with Gasteiger partial charge < -0.3 is 4.74 Å². The average molecular weight is 225 g/mol. The highest BCUT2D eigenvalue weighted by atomic mass is 32.1. The maximum Gasteiger partial charge on any atom is 0.182 e. The summed E-state index contributed by atoms with van der Waals surface area (Å²) in [5, 5.41) is 0.908. The van der Waals surface area contributed by atoms with Gasteiger partial charge in [0.05, 0.1) is 0 Å². The summed E-state index contributed by atoms with van der Waals surface area (Å²) in [5.74, 6) is 0.186. The molecule has 0 N–H and O–H groups in total. The predicted octanol–water partition coefficient (Wildman–Crippen LogP) is 2.54. The molecule has 2 rings (SSSR count). The summed E-state index contributed by atoms with van der Waals surface area (Å²) in [6, 6.07) is 0. The molecule has 1 aromatic rings. The topological polar surface area (TPSA) is 39.2 Å². The molecule has 0 saturated carbocycles. The van der Waals surface area contributed by atoms with Crippen LogP contribution in [0.2, 0.25) is 0 Å². The minimum absolute atomic E-state index is 0.186. The number of thiazole rings is 1. The van der Waals surface area contributed by atoms with Crippen LogP contribution in [-0.4, -0.2) is 17.9 Å². The zero-order chi connectivity index (χ0) is 11.1. The van der Waals surface area contributed by atoms with Gasteiger partial charge in [-0.1, -0.05) is 0 Å². The Morgan fingerprint density at radius 2 is 2.13 bits per heavy atom. The van der Waals surface area contributed by atoms with E-state index in [0.717, 1.165) is 22.7 Å². The Morgan fingerprint density at radius 1 is 1.40 bits per heavy atom. The third-order valence-corrected chi connectivity index (χ3v) is 4.21. The van der Waals surface area contributed by atoms with Crippen LogP contribution < -0.4 is 0 Å². The van der Waals surface area contributed by atoms with Crippen molar-refractivity contribution in [3.05, 3.63) is 15.6 Å². The molecule has 0 saturated heterocycles. The molecule has 1 aliphatic carbocycles. The van der Waals surface area contributed by atoms with E-state index in [0.29, 0.717) is 12.1 Å². The van der Waals surface area contributed by atoms with Crippen molar-refractivity contribution in [2.45, 2.75) is 38.7 Å². The minimum atomic E-state index is -0.387. The second kappa shape index (κ2) is 3.68. The number of ketones is 1. The maximum atomic E-state index is 11.6. The van der Waals surface area contributed by atoms with E-state index in [2.05, 4.69) is 4.98 Å². The molecule has 0 aromatic carbocycles. The van der Waals surface area contributed by atoms with E-state index in [1.54, 1.807) is 18.4 Å². The van der Waals surface area contributed by atoms with E-state index in [-0.39, 0.29) is 11.4 Å². The Kier molecular flexibility index (Phi) is 2.64. The molecule has 0 unspecified atom stereocenters. The van der Waals surface area contributed by atoms with Crippen molar-refractivity contribution < 1.29 is 9.53 Å². The van der Waals surface area contributed by atoms with Gasteiger partial charge in [-0.3, -0.25) is 4.79 Å². The van der Waals surface area contributed by atoms with Crippen LogP contribution in [0.1, 0.15) is 47.1 Å². The van der Waals surface area contributed by atoms with Crippen molar-refractivity contribution in [1.29, 1.82) is 0 Å². The van der Waals surface area contributed by atoms with Crippen LogP contribution in [0, 0.1) is 0 Å². The van der Waals surface area contributed by atoms with Crippen LogP contribution in [-0.2, 0) is 16.8 Å². The van der Waals surface area contributed by atoms with E-state index >= 15 is 0 Å². The van der Waals surface area contributed by atoms with Gasteiger partial charge in [0.1, 0.15) is 16.3 Å². The van der Waals surface area contributed by atoms with E-state index in [1.807, 2.05) is 13.8 Å². The van der Waals surface area contributed by atoms with Crippen molar-refractivity contribution in [2.24, 2.45) is 0 Å². The summed E-state index contributed by atoms with van der Waals surface area (Å²) in [7, 11) is 1.67. The standard InChI is InChI=1S/C11H15NO2S/c1-11(2,14-3)10-12-9-7(13)5-4-6-8(9)15-10/h4-6H2,1-3H3. The lowest BCUT2D eigenvalue weighted by Gasteiger charge is -2.19. The normalized spacial score (nSPS) is 16.6. The molecule has 0 radical (unpaired) electrons. The van der Waals surface area contributed by atoms with Crippen LogP contribution in [0.4, 0.5) is 0 Å². The first kappa shape index (κ1) is 10.8. The molecule has 0 atom stereocenters. The highest BCUT2D eigenvalue weighted by molar-refractivity contribution is 7.12. The van der Waals surface area contributed by atoms with Gasteiger partial charge in [-0.05, 0) is 26.7 Å². The zero-order valence-electron chi connectivity index (χ0n) is 9.29. The van der Waals surface area contributed by atoms with Gasteiger partial charge >= 0.3 is 0 Å². The van der Waals surface area contributed by atoms with Crippen LogP contribution in [0.5, 0.6) is 0 Å². The lowest BCUT2D eigenvalue weighted by Crippen LogP contribution is -2.19. The summed E-state index contributed by atoms with van der Waals surface area (Å²) in [6.45, 7) is 3.95. The van der Waals surface area contributed by atoms with Crippen molar-refractivity contribution in [2.75, 3.05) is 7.11 Å². The molecule has 0 fully saturated rings. The first-order chi connectivity index (χ1) is 7.04. The van der Waals surface area contributed by atoms with Crippen molar-refractivity contribution in [1.82, 2.24) is 4.98 Å². The number of hydrogen-bond acceptors (Lipinski definition) is 4. The fourth-order valence-corrected chi connectivity index (χ4v) is 2.81. The molecular formula is C11H15NO2S. The Hall–Kier alpha value is -0.740. The number of Topliss-reactive ketones (excluding diaryl/α,β-unsaturated/α-hetero) is 1. The van der Waals surface area contributed by atoms with Crippen LogP contribution in [0.25, 0.3) is 0 Å².